The van der Waals surface area contributed by atoms with Crippen molar-refractivity contribution in [3.05, 3.63) is 0 Å². The van der Waals surface area contributed by atoms with Gasteiger partial charge < -0.3 is 27.0 Å². The average molecular weight is 293 g/mol. The molecule has 11 nitrogen and oxygen atoms in total. The van der Waals surface area contributed by atoms with Crippen LogP contribution in [0.15, 0.2) is 0 Å². The first-order chi connectivity index (χ1) is 8.07. The number of nitrogens with two attached hydrogens (primary N) is 1. The van der Waals surface area contributed by atoms with Crippen molar-refractivity contribution >= 4 is 24.1 Å². The Labute approximate surface area is 129 Å². The Balaban J connectivity index is -0.000000188. The van der Waals surface area contributed by atoms with Gasteiger partial charge in [0.15, 0.2) is 0 Å². The van der Waals surface area contributed by atoms with Crippen LogP contribution in [0, 0.1) is 0 Å². The minimum atomic E-state index is -2.42. The van der Waals surface area contributed by atoms with Crippen LogP contribution in [0.1, 0.15) is 14.3 Å². The second-order valence-electron chi connectivity index (χ2n) is 2.84. The number of hydrogen-bond donors (Lipinski definition) is 6. The van der Waals surface area contributed by atoms with Crippen LogP contribution in [0.5, 0.6) is 0 Å². The number of carbonyl (C=O) groups is 4. The summed E-state index contributed by atoms with van der Waals surface area (Å²) in [5.74, 6) is -0.163. The molecule has 0 aliphatic heterocycles. The smallest absolute Gasteiger partial charge is 1.00 e. The first-order valence-electron chi connectivity index (χ1n) is 4.04. The van der Waals surface area contributed by atoms with E-state index in [0.717, 1.165) is 0 Å². The quantitative estimate of drug-likeness (QED) is 0.205. The van der Waals surface area contributed by atoms with Crippen molar-refractivity contribution in [3.8, 4) is 0 Å². The van der Waals surface area contributed by atoms with Gasteiger partial charge in [-0.25, -0.2) is 15.5 Å². The molecular weight excluding hydrogens is 281 g/mol. The molecule has 0 atom stereocenters. The van der Waals surface area contributed by atoms with E-state index in [9.17, 15) is 14.4 Å². The molecule has 0 bridgehead atoms. The molecule has 19 heavy (non-hydrogen) atoms. The van der Waals surface area contributed by atoms with E-state index in [1.807, 2.05) is 0 Å². The SMILES string of the molecule is NOC(CC(=O)O)(CC(=O)O)C(=O)O.O=C(O)O.[H-].[Na+]. The number of hydrogen-bond acceptors (Lipinski definition) is 6. The summed E-state index contributed by atoms with van der Waals surface area (Å²) in [5.41, 5.74) is -2.42. The molecule has 0 aromatic rings. The molecule has 106 valence electrons. The Morgan fingerprint density at radius 2 is 1.21 bits per heavy atom. The third-order valence-corrected chi connectivity index (χ3v) is 1.49. The fraction of sp³-hybridized carbons (Fsp3) is 0.429. The number of carboxylic acids is 3. The van der Waals surface area contributed by atoms with Crippen LogP contribution in [0.4, 0.5) is 4.79 Å². The van der Waals surface area contributed by atoms with E-state index in [1.54, 1.807) is 0 Å². The normalized spacial score (nSPS) is 9.32. The summed E-state index contributed by atoms with van der Waals surface area (Å²) in [6, 6.07) is 0. The maximum Gasteiger partial charge on any atom is 1.00 e. The van der Waals surface area contributed by atoms with Crippen LogP contribution >= 0.6 is 0 Å². The van der Waals surface area contributed by atoms with Crippen LogP contribution in [0.2, 0.25) is 0 Å². The van der Waals surface area contributed by atoms with Gasteiger partial charge in [0.25, 0.3) is 0 Å². The van der Waals surface area contributed by atoms with E-state index in [1.165, 1.54) is 0 Å². The molecular formula is C7H12NNaO10. The van der Waals surface area contributed by atoms with Crippen LogP contribution in [0.25, 0.3) is 0 Å². The van der Waals surface area contributed by atoms with Crippen LogP contribution in [-0.2, 0) is 19.2 Å². The fourth-order valence-corrected chi connectivity index (χ4v) is 0.836. The molecule has 0 heterocycles. The zero-order valence-electron chi connectivity index (χ0n) is 10.8. The molecule has 0 fully saturated rings. The Morgan fingerprint density at radius 1 is 0.947 bits per heavy atom. The molecule has 0 unspecified atom stereocenters. The van der Waals surface area contributed by atoms with E-state index in [-0.39, 0.29) is 31.0 Å². The van der Waals surface area contributed by atoms with Gasteiger partial charge in [-0.15, -0.1) is 0 Å². The van der Waals surface area contributed by atoms with Gasteiger partial charge in [-0.2, -0.15) is 0 Å². The first-order valence-corrected chi connectivity index (χ1v) is 4.04. The standard InChI is InChI=1S/C6H9NO7.CH2O3.Na.H/c7-14-6(5(12)13,1-3(8)9)2-4(10)11;2-1(3)4;;/h1-2,7H2,(H,8,9)(H,10,11)(H,12,13);(H2,2,3,4);;/q;;+1;-1. The Morgan fingerprint density at radius 3 is 1.32 bits per heavy atom. The Bertz CT molecular complexity index is 328. The van der Waals surface area contributed by atoms with Crippen molar-refractivity contribution in [2.45, 2.75) is 18.4 Å². The van der Waals surface area contributed by atoms with Crippen molar-refractivity contribution in [1.82, 2.24) is 0 Å². The van der Waals surface area contributed by atoms with Crippen molar-refractivity contribution in [1.29, 1.82) is 0 Å². The zero-order chi connectivity index (χ0) is 14.9. The van der Waals surface area contributed by atoms with E-state index >= 15 is 0 Å². The number of aliphatic carboxylic acids is 3. The maximum absolute atomic E-state index is 10.6. The van der Waals surface area contributed by atoms with Gasteiger partial charge >= 0.3 is 53.6 Å². The third kappa shape index (κ3) is 11.4. The molecule has 0 saturated heterocycles. The predicted octanol–water partition coefficient (Wildman–Crippen LogP) is -4.01. The Hall–Kier alpha value is -1.40. The summed E-state index contributed by atoms with van der Waals surface area (Å²) in [5, 5.41) is 39.2. The summed E-state index contributed by atoms with van der Waals surface area (Å²) in [7, 11) is 0. The minimum absolute atomic E-state index is 0. The van der Waals surface area contributed by atoms with Crippen LogP contribution in [0.3, 0.4) is 0 Å². The molecule has 0 rings (SSSR count). The molecule has 0 aliphatic carbocycles. The molecule has 0 amide bonds. The van der Waals surface area contributed by atoms with E-state index in [4.69, 9.17) is 30.3 Å². The minimum Gasteiger partial charge on any atom is -1.00 e. The van der Waals surface area contributed by atoms with Gasteiger partial charge in [-0.3, -0.25) is 14.4 Å². The molecule has 0 aromatic heterocycles. The molecule has 0 spiro atoms. The van der Waals surface area contributed by atoms with Gasteiger partial charge in [0, 0.05) is 0 Å². The molecule has 0 radical (unpaired) electrons. The van der Waals surface area contributed by atoms with Crippen LogP contribution in [-0.4, -0.2) is 55.2 Å². The summed E-state index contributed by atoms with van der Waals surface area (Å²) >= 11 is 0. The second-order valence-corrected chi connectivity index (χ2v) is 2.84. The van der Waals surface area contributed by atoms with Crippen molar-refractivity contribution in [2.75, 3.05) is 0 Å². The second kappa shape index (κ2) is 10.5. The number of rotatable bonds is 6. The zero-order valence-corrected chi connectivity index (χ0v) is 11.8. The fourth-order valence-electron chi connectivity index (χ4n) is 0.836. The average Bonchev–Trinajstić information content (AvgIpc) is 2.13. The topological polar surface area (TPSA) is 205 Å². The molecule has 0 aliphatic rings. The van der Waals surface area contributed by atoms with Crippen LogP contribution < -0.4 is 35.5 Å². The van der Waals surface area contributed by atoms with E-state index in [0.29, 0.717) is 0 Å². The summed E-state index contributed by atoms with van der Waals surface area (Å²) in [4.78, 5) is 43.6. The third-order valence-electron chi connectivity index (χ3n) is 1.49. The Kier molecular flexibility index (Phi) is 12.6. The number of carboxylic acid groups (broad SMARTS) is 5. The molecule has 12 heteroatoms. The van der Waals surface area contributed by atoms with Crippen molar-refractivity contribution in [3.63, 3.8) is 0 Å². The first kappa shape index (κ1) is 22.8. The summed E-state index contributed by atoms with van der Waals surface area (Å²) < 4.78 is 0. The van der Waals surface area contributed by atoms with Gasteiger partial charge in [0.05, 0.1) is 12.8 Å². The van der Waals surface area contributed by atoms with Crippen molar-refractivity contribution in [2.24, 2.45) is 5.90 Å². The van der Waals surface area contributed by atoms with Crippen molar-refractivity contribution < 1.29 is 80.5 Å². The monoisotopic (exact) mass is 293 g/mol. The summed E-state index contributed by atoms with van der Waals surface area (Å²) in [6.07, 6.45) is -3.88. The van der Waals surface area contributed by atoms with Gasteiger partial charge in [0.2, 0.25) is 5.60 Å². The van der Waals surface area contributed by atoms with Gasteiger partial charge in [-0.1, -0.05) is 0 Å². The molecule has 7 N–H and O–H groups in total. The predicted molar refractivity (Wildman–Crippen MR) is 51.9 cm³/mol. The van der Waals surface area contributed by atoms with Gasteiger partial charge in [0.1, 0.15) is 0 Å². The maximum atomic E-state index is 10.6. The summed E-state index contributed by atoms with van der Waals surface area (Å²) in [6.45, 7) is 0. The van der Waals surface area contributed by atoms with E-state index in [2.05, 4.69) is 10.7 Å². The molecule has 0 aromatic carbocycles. The van der Waals surface area contributed by atoms with E-state index < -0.39 is 42.5 Å². The molecule has 0 saturated carbocycles. The largest absolute Gasteiger partial charge is 1.00 e. The van der Waals surface area contributed by atoms with Gasteiger partial charge in [-0.05, 0) is 0 Å².